The Bertz CT molecular complexity index is 608. The van der Waals surface area contributed by atoms with Gasteiger partial charge in [-0.25, -0.2) is 4.39 Å². The maximum atomic E-state index is 13.0. The molecule has 3 nitrogen and oxygen atoms in total. The minimum absolute atomic E-state index is 0.156. The SMILES string of the molecule is CC1(C)[C@@H]2CC3OB([C@@H](N)Cc4ccc(F)cc4)O[C@@]3(C)[C@H]1C2. The minimum atomic E-state index is -0.370. The first kappa shape index (κ1) is 15.6. The molecule has 4 fully saturated rings. The van der Waals surface area contributed by atoms with Gasteiger partial charge >= 0.3 is 7.12 Å². The Hall–Kier alpha value is -0.905. The molecular weight excluding hydrogens is 292 g/mol. The number of nitrogens with two attached hydrogens (primary N) is 1. The molecule has 5 rings (SSSR count). The monoisotopic (exact) mass is 317 g/mol. The number of halogens is 1. The first-order valence-electron chi connectivity index (χ1n) is 8.64. The van der Waals surface area contributed by atoms with Crippen molar-refractivity contribution in [2.45, 2.75) is 57.7 Å². The summed E-state index contributed by atoms with van der Waals surface area (Å²) in [6.45, 7) is 6.90. The van der Waals surface area contributed by atoms with Gasteiger partial charge in [0.1, 0.15) is 5.82 Å². The summed E-state index contributed by atoms with van der Waals surface area (Å²) in [4.78, 5) is 0. The van der Waals surface area contributed by atoms with E-state index < -0.39 is 0 Å². The predicted octanol–water partition coefficient (Wildman–Crippen LogP) is 2.96. The van der Waals surface area contributed by atoms with E-state index in [1.165, 1.54) is 18.6 Å². The Labute approximate surface area is 137 Å². The van der Waals surface area contributed by atoms with Crippen molar-refractivity contribution in [3.05, 3.63) is 35.6 Å². The predicted molar refractivity (Wildman–Crippen MR) is 88.2 cm³/mol. The van der Waals surface area contributed by atoms with E-state index in [-0.39, 0.29) is 30.6 Å². The highest BCUT2D eigenvalue weighted by atomic mass is 19.1. The van der Waals surface area contributed by atoms with Crippen LogP contribution in [0.15, 0.2) is 24.3 Å². The number of hydrogen-bond acceptors (Lipinski definition) is 3. The summed E-state index contributed by atoms with van der Waals surface area (Å²) in [6.07, 6.45) is 3.09. The van der Waals surface area contributed by atoms with Crippen LogP contribution in [0.4, 0.5) is 4.39 Å². The summed E-state index contributed by atoms with van der Waals surface area (Å²) in [7, 11) is -0.370. The van der Waals surface area contributed by atoms with Crippen LogP contribution in [0.3, 0.4) is 0 Å². The van der Waals surface area contributed by atoms with Crippen LogP contribution in [0.1, 0.15) is 39.2 Å². The van der Waals surface area contributed by atoms with Crippen LogP contribution in [-0.4, -0.2) is 24.8 Å². The lowest BCUT2D eigenvalue weighted by molar-refractivity contribution is -0.199. The van der Waals surface area contributed by atoms with Gasteiger partial charge in [0, 0.05) is 5.94 Å². The molecule has 2 bridgehead atoms. The number of rotatable bonds is 3. The summed E-state index contributed by atoms with van der Waals surface area (Å²) in [5.74, 6) is 0.822. The molecule has 4 aliphatic rings. The standard InChI is InChI=1S/C18H25BFNO2/c1-17(2)12-9-14(17)18(3)15(10-12)22-19(23-18)16(21)8-11-4-6-13(20)7-5-11/h4-7,12,14-16H,8-10,21H2,1-3H3/t12-,14-,15?,16-,18-/m0/s1. The van der Waals surface area contributed by atoms with Gasteiger partial charge in [-0.1, -0.05) is 26.0 Å². The second-order valence-electron chi connectivity index (χ2n) is 8.33. The maximum Gasteiger partial charge on any atom is 0.475 e. The molecular formula is C18H25BFNO2. The van der Waals surface area contributed by atoms with Crippen LogP contribution in [0.5, 0.6) is 0 Å². The largest absolute Gasteiger partial charge is 0.475 e. The molecule has 2 N–H and O–H groups in total. The van der Waals surface area contributed by atoms with E-state index in [1.54, 1.807) is 12.1 Å². The number of benzene rings is 1. The second kappa shape index (κ2) is 5.04. The Morgan fingerprint density at radius 2 is 1.96 bits per heavy atom. The molecule has 0 amide bonds. The van der Waals surface area contributed by atoms with Gasteiger partial charge in [-0.05, 0) is 61.1 Å². The summed E-state index contributed by atoms with van der Waals surface area (Å²) < 4.78 is 25.6. The van der Waals surface area contributed by atoms with Crippen molar-refractivity contribution in [3.63, 3.8) is 0 Å². The Morgan fingerprint density at radius 3 is 2.61 bits per heavy atom. The first-order valence-corrected chi connectivity index (χ1v) is 8.64. The fourth-order valence-corrected chi connectivity index (χ4v) is 5.07. The molecule has 1 aromatic rings. The highest BCUT2D eigenvalue weighted by molar-refractivity contribution is 6.47. The lowest BCUT2D eigenvalue weighted by atomic mass is 9.43. The molecule has 0 radical (unpaired) electrons. The summed E-state index contributed by atoms with van der Waals surface area (Å²) >= 11 is 0. The zero-order valence-corrected chi connectivity index (χ0v) is 14.1. The zero-order chi connectivity index (χ0) is 16.4. The van der Waals surface area contributed by atoms with Crippen molar-refractivity contribution < 1.29 is 13.7 Å². The second-order valence-corrected chi connectivity index (χ2v) is 8.33. The van der Waals surface area contributed by atoms with Crippen LogP contribution in [0.2, 0.25) is 0 Å². The average molecular weight is 317 g/mol. The zero-order valence-electron chi connectivity index (χ0n) is 14.1. The van der Waals surface area contributed by atoms with E-state index in [0.717, 1.165) is 17.9 Å². The van der Waals surface area contributed by atoms with E-state index in [0.29, 0.717) is 17.8 Å². The molecule has 1 unspecified atom stereocenters. The molecule has 124 valence electrons. The topological polar surface area (TPSA) is 44.5 Å². The van der Waals surface area contributed by atoms with Crippen LogP contribution in [0.25, 0.3) is 0 Å². The molecule has 1 saturated heterocycles. The van der Waals surface area contributed by atoms with Crippen LogP contribution in [-0.2, 0) is 15.7 Å². The highest BCUT2D eigenvalue weighted by Crippen LogP contribution is 2.65. The molecule has 3 saturated carbocycles. The molecule has 1 heterocycles. The van der Waals surface area contributed by atoms with Crippen molar-refractivity contribution in [3.8, 4) is 0 Å². The lowest BCUT2D eigenvalue weighted by Gasteiger charge is -2.64. The molecule has 1 aliphatic heterocycles. The Balaban J connectivity index is 1.47. The van der Waals surface area contributed by atoms with E-state index in [4.69, 9.17) is 15.0 Å². The molecule has 1 aromatic carbocycles. The van der Waals surface area contributed by atoms with Crippen molar-refractivity contribution in [2.75, 3.05) is 0 Å². The van der Waals surface area contributed by atoms with E-state index >= 15 is 0 Å². The van der Waals surface area contributed by atoms with Gasteiger partial charge in [0.15, 0.2) is 0 Å². The highest BCUT2D eigenvalue weighted by Gasteiger charge is 2.68. The van der Waals surface area contributed by atoms with Crippen molar-refractivity contribution in [2.24, 2.45) is 23.0 Å². The molecule has 0 spiro atoms. The van der Waals surface area contributed by atoms with Gasteiger partial charge < -0.3 is 15.0 Å². The van der Waals surface area contributed by atoms with E-state index in [9.17, 15) is 4.39 Å². The van der Waals surface area contributed by atoms with Crippen LogP contribution in [0, 0.1) is 23.1 Å². The minimum Gasteiger partial charge on any atom is -0.404 e. The van der Waals surface area contributed by atoms with Crippen LogP contribution < -0.4 is 5.73 Å². The van der Waals surface area contributed by atoms with Gasteiger partial charge in [0.2, 0.25) is 0 Å². The lowest BCUT2D eigenvalue weighted by Crippen LogP contribution is -2.65. The fourth-order valence-electron chi connectivity index (χ4n) is 5.07. The molecule has 5 heteroatoms. The van der Waals surface area contributed by atoms with Gasteiger partial charge in [-0.3, -0.25) is 0 Å². The maximum absolute atomic E-state index is 13.0. The summed E-state index contributed by atoms with van der Waals surface area (Å²) in [5.41, 5.74) is 7.47. The number of hydrogen-bond donors (Lipinski definition) is 1. The molecule has 0 aromatic heterocycles. The third kappa shape index (κ3) is 2.28. The normalized spacial score (nSPS) is 38.8. The molecule has 3 aliphatic carbocycles. The first-order chi connectivity index (χ1) is 10.8. The van der Waals surface area contributed by atoms with Gasteiger partial charge in [0.25, 0.3) is 0 Å². The van der Waals surface area contributed by atoms with Crippen molar-refractivity contribution in [1.82, 2.24) is 0 Å². The van der Waals surface area contributed by atoms with Crippen molar-refractivity contribution in [1.29, 1.82) is 0 Å². The van der Waals surface area contributed by atoms with Crippen LogP contribution >= 0.6 is 0 Å². The van der Waals surface area contributed by atoms with Gasteiger partial charge in [0.05, 0.1) is 11.7 Å². The third-order valence-corrected chi connectivity index (χ3v) is 6.70. The van der Waals surface area contributed by atoms with E-state index in [2.05, 4.69) is 20.8 Å². The molecule has 5 atom stereocenters. The van der Waals surface area contributed by atoms with Gasteiger partial charge in [-0.2, -0.15) is 0 Å². The quantitative estimate of drug-likeness (QED) is 0.872. The summed E-state index contributed by atoms with van der Waals surface area (Å²) in [5, 5.41) is 0. The molecule has 23 heavy (non-hydrogen) atoms. The van der Waals surface area contributed by atoms with E-state index in [1.807, 2.05) is 0 Å². The smallest absolute Gasteiger partial charge is 0.404 e. The third-order valence-electron chi connectivity index (χ3n) is 6.70. The Morgan fingerprint density at radius 1 is 1.26 bits per heavy atom. The average Bonchev–Trinajstić information content (AvgIpc) is 2.86. The fraction of sp³-hybridized carbons (Fsp3) is 0.667. The summed E-state index contributed by atoms with van der Waals surface area (Å²) in [6, 6.07) is 6.49. The van der Waals surface area contributed by atoms with Crippen molar-refractivity contribution >= 4 is 7.12 Å². The Kier molecular flexibility index (Phi) is 3.42. The van der Waals surface area contributed by atoms with Gasteiger partial charge in [-0.15, -0.1) is 0 Å².